The molecule has 0 radical (unpaired) electrons. The molecule has 0 bridgehead atoms. The number of hydrogen-bond donors (Lipinski definition) is 1. The lowest BCUT2D eigenvalue weighted by atomic mass is 9.76. The van der Waals surface area contributed by atoms with Gasteiger partial charge < -0.3 is 5.11 Å². The van der Waals surface area contributed by atoms with Gasteiger partial charge in [0, 0.05) is 33.4 Å². The molecule has 3 aromatic rings. The molecule has 3 heteroatoms. The Labute approximate surface area is 183 Å². The van der Waals surface area contributed by atoms with Crippen LogP contribution in [-0.4, -0.2) is 16.7 Å². The summed E-state index contributed by atoms with van der Waals surface area (Å²) in [4.78, 5) is 26.6. The maximum Gasteiger partial charge on any atom is 0.195 e. The van der Waals surface area contributed by atoms with E-state index in [9.17, 15) is 14.7 Å². The Kier molecular flexibility index (Phi) is 4.69. The second-order valence-corrected chi connectivity index (χ2v) is 10.4. The largest absolute Gasteiger partial charge is 0.507 e. The first-order chi connectivity index (χ1) is 14.4. The lowest BCUT2D eigenvalue weighted by molar-refractivity contribution is 0.0979. The van der Waals surface area contributed by atoms with Crippen LogP contribution in [0.25, 0.3) is 11.1 Å². The van der Waals surface area contributed by atoms with E-state index in [1.165, 1.54) is 0 Å². The van der Waals surface area contributed by atoms with Gasteiger partial charge in [-0.2, -0.15) is 0 Å². The van der Waals surface area contributed by atoms with Gasteiger partial charge in [0.05, 0.1) is 0 Å². The van der Waals surface area contributed by atoms with Gasteiger partial charge in [0.15, 0.2) is 11.6 Å². The molecule has 0 unspecified atom stereocenters. The Hall–Kier alpha value is -3.20. The number of carbonyl (C=O) groups excluding carboxylic acids is 2. The summed E-state index contributed by atoms with van der Waals surface area (Å²) in [5.74, 6) is 0.0303. The predicted molar refractivity (Wildman–Crippen MR) is 124 cm³/mol. The van der Waals surface area contributed by atoms with E-state index in [4.69, 9.17) is 0 Å². The zero-order valence-corrected chi connectivity index (χ0v) is 19.0. The molecule has 1 aliphatic rings. The van der Waals surface area contributed by atoms with Gasteiger partial charge in [0.1, 0.15) is 5.75 Å². The maximum atomic E-state index is 13.5. The number of rotatable bonds is 1. The van der Waals surface area contributed by atoms with E-state index in [1.54, 1.807) is 30.3 Å². The number of hydrogen-bond acceptors (Lipinski definition) is 3. The smallest absolute Gasteiger partial charge is 0.195 e. The van der Waals surface area contributed by atoms with Gasteiger partial charge in [-0.05, 0) is 34.1 Å². The van der Waals surface area contributed by atoms with Crippen molar-refractivity contribution in [2.45, 2.75) is 52.4 Å². The molecule has 4 rings (SSSR count). The van der Waals surface area contributed by atoms with E-state index in [0.717, 1.165) is 22.3 Å². The Morgan fingerprint density at radius 3 is 1.58 bits per heavy atom. The molecule has 0 aromatic heterocycles. The molecule has 3 aromatic carbocycles. The maximum absolute atomic E-state index is 13.5. The summed E-state index contributed by atoms with van der Waals surface area (Å²) in [6, 6.07) is 16.4. The highest BCUT2D eigenvalue weighted by Crippen LogP contribution is 2.43. The number of ketones is 2. The van der Waals surface area contributed by atoms with Crippen LogP contribution in [0.5, 0.6) is 5.75 Å². The number of aromatic hydroxyl groups is 1. The van der Waals surface area contributed by atoms with Crippen LogP contribution in [0.3, 0.4) is 0 Å². The molecule has 0 saturated carbocycles. The number of carbonyl (C=O) groups is 2. The highest BCUT2D eigenvalue weighted by molar-refractivity contribution is 6.30. The molecular weight excluding hydrogens is 384 g/mol. The highest BCUT2D eigenvalue weighted by Gasteiger charge is 2.33. The topological polar surface area (TPSA) is 54.4 Å². The van der Waals surface area contributed by atoms with Crippen LogP contribution >= 0.6 is 0 Å². The average molecular weight is 413 g/mol. The van der Waals surface area contributed by atoms with Crippen molar-refractivity contribution >= 4 is 11.6 Å². The summed E-state index contributed by atoms with van der Waals surface area (Å²) in [5.41, 5.74) is 4.40. The van der Waals surface area contributed by atoms with Crippen molar-refractivity contribution < 1.29 is 14.7 Å². The molecule has 0 saturated heterocycles. The third-order valence-corrected chi connectivity index (χ3v) is 5.99. The summed E-state index contributed by atoms with van der Waals surface area (Å²) in [6.45, 7) is 12.4. The molecule has 0 amide bonds. The van der Waals surface area contributed by atoms with Crippen LogP contribution in [0.4, 0.5) is 0 Å². The Bertz CT molecular complexity index is 1200. The van der Waals surface area contributed by atoms with Crippen LogP contribution in [0.2, 0.25) is 0 Å². The monoisotopic (exact) mass is 412 g/mol. The minimum Gasteiger partial charge on any atom is -0.507 e. The second-order valence-electron chi connectivity index (χ2n) is 10.4. The standard InChI is InChI=1S/C28H28O3/c1-27(2,3)21-14-16(15-22(26(21)31)28(4,5)6)17-12-9-13-20-23(17)25(30)19-11-8-7-10-18(19)24(20)29/h7-15,31H,1-6H3. The second kappa shape index (κ2) is 6.91. The van der Waals surface area contributed by atoms with Crippen molar-refractivity contribution in [1.29, 1.82) is 0 Å². The van der Waals surface area contributed by atoms with Crippen molar-refractivity contribution in [3.63, 3.8) is 0 Å². The minimum atomic E-state index is -0.290. The average Bonchev–Trinajstić information content (AvgIpc) is 2.70. The Balaban J connectivity index is 2.04. The summed E-state index contributed by atoms with van der Waals surface area (Å²) < 4.78 is 0. The number of phenols is 1. The SMILES string of the molecule is CC(C)(C)c1cc(-c2cccc3c2C(=O)c2ccccc2C3=O)cc(C(C)(C)C)c1O. The van der Waals surface area contributed by atoms with Crippen LogP contribution in [0, 0.1) is 0 Å². The molecule has 0 heterocycles. The molecule has 0 fully saturated rings. The van der Waals surface area contributed by atoms with Crippen molar-refractivity contribution in [2.75, 3.05) is 0 Å². The van der Waals surface area contributed by atoms with Crippen molar-refractivity contribution in [1.82, 2.24) is 0 Å². The van der Waals surface area contributed by atoms with Crippen LogP contribution < -0.4 is 0 Å². The summed E-state index contributed by atoms with van der Waals surface area (Å²) in [6.07, 6.45) is 0. The summed E-state index contributed by atoms with van der Waals surface area (Å²) in [5, 5.41) is 11.1. The van der Waals surface area contributed by atoms with E-state index in [1.807, 2.05) is 24.3 Å². The molecule has 0 spiro atoms. The zero-order valence-electron chi connectivity index (χ0n) is 19.0. The van der Waals surface area contributed by atoms with Crippen LogP contribution in [0.15, 0.2) is 54.6 Å². The Morgan fingerprint density at radius 2 is 1.06 bits per heavy atom. The summed E-state index contributed by atoms with van der Waals surface area (Å²) in [7, 11) is 0. The number of benzene rings is 3. The van der Waals surface area contributed by atoms with E-state index in [0.29, 0.717) is 28.0 Å². The van der Waals surface area contributed by atoms with E-state index in [2.05, 4.69) is 41.5 Å². The lowest BCUT2D eigenvalue weighted by Gasteiger charge is -2.29. The molecule has 158 valence electrons. The fraction of sp³-hybridized carbons (Fsp3) is 0.286. The first kappa shape index (κ1) is 21.0. The third kappa shape index (κ3) is 3.38. The van der Waals surface area contributed by atoms with Crippen LogP contribution in [0.1, 0.15) is 84.5 Å². The quantitative estimate of drug-likeness (QED) is 0.392. The van der Waals surface area contributed by atoms with Gasteiger partial charge in [-0.15, -0.1) is 0 Å². The minimum absolute atomic E-state index is 0.127. The van der Waals surface area contributed by atoms with Gasteiger partial charge >= 0.3 is 0 Å². The normalized spacial score (nSPS) is 13.7. The van der Waals surface area contributed by atoms with E-state index < -0.39 is 0 Å². The molecular formula is C28H28O3. The predicted octanol–water partition coefficient (Wildman–Crippen LogP) is 6.43. The summed E-state index contributed by atoms with van der Waals surface area (Å²) >= 11 is 0. The Morgan fingerprint density at radius 1 is 0.613 bits per heavy atom. The fourth-order valence-electron chi connectivity index (χ4n) is 4.32. The molecule has 1 N–H and O–H groups in total. The molecule has 1 aliphatic carbocycles. The first-order valence-corrected chi connectivity index (χ1v) is 10.6. The molecule has 31 heavy (non-hydrogen) atoms. The zero-order chi connectivity index (χ0) is 22.7. The van der Waals surface area contributed by atoms with E-state index >= 15 is 0 Å². The van der Waals surface area contributed by atoms with Crippen molar-refractivity contribution in [2.24, 2.45) is 0 Å². The fourth-order valence-corrected chi connectivity index (χ4v) is 4.32. The molecule has 3 nitrogen and oxygen atoms in total. The lowest BCUT2D eigenvalue weighted by Crippen LogP contribution is -2.22. The third-order valence-electron chi connectivity index (χ3n) is 5.99. The molecule has 0 aliphatic heterocycles. The highest BCUT2D eigenvalue weighted by atomic mass is 16.3. The van der Waals surface area contributed by atoms with Gasteiger partial charge in [-0.1, -0.05) is 84.0 Å². The van der Waals surface area contributed by atoms with Crippen LogP contribution in [-0.2, 0) is 10.8 Å². The number of phenolic OH excluding ortho intramolecular Hbond substituents is 1. The van der Waals surface area contributed by atoms with Gasteiger partial charge in [-0.25, -0.2) is 0 Å². The van der Waals surface area contributed by atoms with Crippen molar-refractivity contribution in [3.05, 3.63) is 88.0 Å². The van der Waals surface area contributed by atoms with Gasteiger partial charge in [0.25, 0.3) is 0 Å². The first-order valence-electron chi connectivity index (χ1n) is 10.6. The van der Waals surface area contributed by atoms with Gasteiger partial charge in [-0.3, -0.25) is 9.59 Å². The number of fused-ring (bicyclic) bond motifs is 2. The van der Waals surface area contributed by atoms with Gasteiger partial charge in [0.2, 0.25) is 0 Å². The molecule has 0 atom stereocenters. The van der Waals surface area contributed by atoms with Crippen molar-refractivity contribution in [3.8, 4) is 16.9 Å². The van der Waals surface area contributed by atoms with E-state index in [-0.39, 0.29) is 22.4 Å².